The first-order valence-corrected chi connectivity index (χ1v) is 6.18. The summed E-state index contributed by atoms with van der Waals surface area (Å²) in [6.07, 6.45) is 0. The van der Waals surface area contributed by atoms with Crippen molar-refractivity contribution in [2.45, 2.75) is 0 Å². The summed E-state index contributed by atoms with van der Waals surface area (Å²) in [5.74, 6) is -0.0694. The zero-order chi connectivity index (χ0) is 14.7. The Labute approximate surface area is 124 Å². The van der Waals surface area contributed by atoms with Crippen LogP contribution in [-0.2, 0) is 0 Å². The third-order valence-corrected chi connectivity index (χ3v) is 2.86. The second-order valence-electron chi connectivity index (χ2n) is 3.59. The van der Waals surface area contributed by atoms with Gasteiger partial charge in [-0.3, -0.25) is 0 Å². The van der Waals surface area contributed by atoms with Gasteiger partial charge in [0.2, 0.25) is 11.9 Å². The van der Waals surface area contributed by atoms with Gasteiger partial charge in [0, 0.05) is 7.05 Å². The van der Waals surface area contributed by atoms with E-state index in [4.69, 9.17) is 27.9 Å². The monoisotopic (exact) mass is 317 g/mol. The molecule has 2 aromatic rings. The van der Waals surface area contributed by atoms with Crippen LogP contribution in [0, 0.1) is 5.82 Å². The van der Waals surface area contributed by atoms with Gasteiger partial charge in [-0.05, 0) is 12.1 Å². The summed E-state index contributed by atoms with van der Waals surface area (Å²) in [7, 11) is 3.08. The highest BCUT2D eigenvalue weighted by Crippen LogP contribution is 2.33. The predicted molar refractivity (Wildman–Crippen MR) is 75.6 cm³/mol. The molecule has 0 spiro atoms. The van der Waals surface area contributed by atoms with Gasteiger partial charge in [-0.1, -0.05) is 23.2 Å². The van der Waals surface area contributed by atoms with Gasteiger partial charge in [0.1, 0.15) is 5.82 Å². The lowest BCUT2D eigenvalue weighted by molar-refractivity contribution is 0.379. The minimum Gasteiger partial charge on any atom is -0.467 e. The van der Waals surface area contributed by atoms with Gasteiger partial charge in [0.05, 0.1) is 22.8 Å². The minimum atomic E-state index is -0.533. The van der Waals surface area contributed by atoms with Crippen molar-refractivity contribution in [3.8, 4) is 6.01 Å². The molecular weight excluding hydrogens is 308 g/mol. The van der Waals surface area contributed by atoms with E-state index < -0.39 is 5.82 Å². The van der Waals surface area contributed by atoms with E-state index in [1.54, 1.807) is 7.05 Å². The molecule has 0 saturated carbocycles. The van der Waals surface area contributed by atoms with E-state index in [0.717, 1.165) is 12.1 Å². The maximum absolute atomic E-state index is 13.1. The Hall–Kier alpha value is -1.86. The van der Waals surface area contributed by atoms with E-state index in [0.29, 0.717) is 11.6 Å². The average Bonchev–Trinajstić information content (AvgIpc) is 2.42. The molecule has 6 nitrogen and oxygen atoms in total. The molecule has 0 unspecified atom stereocenters. The van der Waals surface area contributed by atoms with Crippen LogP contribution in [0.1, 0.15) is 0 Å². The fraction of sp³-hybridized carbons (Fsp3) is 0.182. The van der Waals surface area contributed by atoms with Crippen LogP contribution < -0.4 is 15.4 Å². The zero-order valence-electron chi connectivity index (χ0n) is 10.5. The Morgan fingerprint density at radius 2 is 1.70 bits per heavy atom. The number of rotatable bonds is 4. The van der Waals surface area contributed by atoms with E-state index in [1.807, 2.05) is 0 Å². The molecule has 20 heavy (non-hydrogen) atoms. The van der Waals surface area contributed by atoms with Crippen molar-refractivity contribution in [3.05, 3.63) is 28.0 Å². The third-order valence-electron chi connectivity index (χ3n) is 2.26. The Morgan fingerprint density at radius 1 is 1.10 bits per heavy atom. The lowest BCUT2D eigenvalue weighted by Crippen LogP contribution is -2.06. The number of benzene rings is 1. The summed E-state index contributed by atoms with van der Waals surface area (Å²) in [6, 6.07) is 2.38. The Kier molecular flexibility index (Phi) is 4.41. The molecule has 9 heteroatoms. The van der Waals surface area contributed by atoms with E-state index in [-0.39, 0.29) is 22.0 Å². The molecular formula is C11H10Cl2FN5O. The topological polar surface area (TPSA) is 72.0 Å². The molecule has 0 saturated heterocycles. The van der Waals surface area contributed by atoms with Crippen LogP contribution in [0.5, 0.6) is 6.01 Å². The third kappa shape index (κ3) is 3.17. The van der Waals surface area contributed by atoms with Gasteiger partial charge in [-0.25, -0.2) is 4.39 Å². The van der Waals surface area contributed by atoms with E-state index in [1.165, 1.54) is 7.11 Å². The Morgan fingerprint density at radius 3 is 2.25 bits per heavy atom. The van der Waals surface area contributed by atoms with Crippen LogP contribution >= 0.6 is 23.2 Å². The molecule has 0 amide bonds. The van der Waals surface area contributed by atoms with Gasteiger partial charge in [-0.15, -0.1) is 0 Å². The van der Waals surface area contributed by atoms with Crippen molar-refractivity contribution in [1.82, 2.24) is 15.0 Å². The summed E-state index contributed by atoms with van der Waals surface area (Å²) < 4.78 is 18.1. The second-order valence-corrected chi connectivity index (χ2v) is 4.40. The number of methoxy groups -OCH3 is 1. The van der Waals surface area contributed by atoms with Crippen molar-refractivity contribution in [2.24, 2.45) is 0 Å². The lowest BCUT2D eigenvalue weighted by atomic mass is 10.3. The van der Waals surface area contributed by atoms with Crippen molar-refractivity contribution in [3.63, 3.8) is 0 Å². The second kappa shape index (κ2) is 6.06. The first-order valence-electron chi connectivity index (χ1n) is 5.43. The molecule has 1 heterocycles. The molecule has 0 bridgehead atoms. The molecule has 0 aliphatic heterocycles. The van der Waals surface area contributed by atoms with E-state index >= 15 is 0 Å². The highest BCUT2D eigenvalue weighted by Gasteiger charge is 2.12. The zero-order valence-corrected chi connectivity index (χ0v) is 12.1. The quantitative estimate of drug-likeness (QED) is 0.902. The summed E-state index contributed by atoms with van der Waals surface area (Å²) in [4.78, 5) is 12.0. The van der Waals surface area contributed by atoms with Crippen LogP contribution in [-0.4, -0.2) is 29.1 Å². The number of nitrogens with one attached hydrogen (secondary N) is 2. The lowest BCUT2D eigenvalue weighted by Gasteiger charge is -2.10. The van der Waals surface area contributed by atoms with Crippen LogP contribution in [0.25, 0.3) is 0 Å². The number of nitrogens with zero attached hydrogens (tertiary/aromatic N) is 3. The largest absolute Gasteiger partial charge is 0.467 e. The molecule has 0 aliphatic carbocycles. The maximum Gasteiger partial charge on any atom is 0.322 e. The normalized spacial score (nSPS) is 10.2. The molecule has 0 atom stereocenters. The van der Waals surface area contributed by atoms with Crippen LogP contribution in [0.4, 0.5) is 22.0 Å². The Bertz CT molecular complexity index is 595. The van der Waals surface area contributed by atoms with Crippen molar-refractivity contribution < 1.29 is 9.13 Å². The van der Waals surface area contributed by atoms with Crippen LogP contribution in [0.3, 0.4) is 0 Å². The molecule has 0 radical (unpaired) electrons. The van der Waals surface area contributed by atoms with Gasteiger partial charge in [-0.2, -0.15) is 15.0 Å². The molecule has 0 aliphatic rings. The molecule has 2 N–H and O–H groups in total. The highest BCUT2D eigenvalue weighted by molar-refractivity contribution is 6.39. The van der Waals surface area contributed by atoms with Gasteiger partial charge in [0.25, 0.3) is 0 Å². The predicted octanol–water partition coefficient (Wildman–Crippen LogP) is 3.11. The summed E-state index contributed by atoms with van der Waals surface area (Å²) in [5, 5.41) is 5.79. The maximum atomic E-state index is 13.1. The fourth-order valence-corrected chi connectivity index (χ4v) is 1.94. The van der Waals surface area contributed by atoms with Gasteiger partial charge in [0.15, 0.2) is 0 Å². The summed E-state index contributed by atoms with van der Waals surface area (Å²) >= 11 is 11.9. The number of ether oxygens (including phenoxy) is 1. The first kappa shape index (κ1) is 14.5. The van der Waals surface area contributed by atoms with Crippen LogP contribution in [0.2, 0.25) is 10.0 Å². The molecule has 0 fully saturated rings. The number of aromatic nitrogens is 3. The molecule has 106 valence electrons. The van der Waals surface area contributed by atoms with E-state index in [2.05, 4.69) is 25.6 Å². The van der Waals surface area contributed by atoms with E-state index in [9.17, 15) is 4.39 Å². The molecule has 2 rings (SSSR count). The number of anilines is 3. The van der Waals surface area contributed by atoms with Gasteiger partial charge < -0.3 is 15.4 Å². The molecule has 1 aromatic carbocycles. The Balaban J connectivity index is 2.39. The molecule has 1 aromatic heterocycles. The summed E-state index contributed by atoms with van der Waals surface area (Å²) in [5.41, 5.74) is 0.296. The van der Waals surface area contributed by atoms with Gasteiger partial charge >= 0.3 is 6.01 Å². The standard InChI is InChI=1S/C11H10Cl2FN5O/c1-15-9-17-10(19-11(18-9)20-2)16-8-6(12)3-5(14)4-7(8)13/h3-4H,1-2H3,(H2,15,16,17,18,19). The van der Waals surface area contributed by atoms with Crippen molar-refractivity contribution >= 4 is 40.8 Å². The number of hydrogen-bond donors (Lipinski definition) is 2. The average molecular weight is 318 g/mol. The number of hydrogen-bond acceptors (Lipinski definition) is 6. The van der Waals surface area contributed by atoms with Crippen LogP contribution in [0.15, 0.2) is 12.1 Å². The van der Waals surface area contributed by atoms with Crippen molar-refractivity contribution in [2.75, 3.05) is 24.8 Å². The SMILES string of the molecule is CNc1nc(Nc2c(Cl)cc(F)cc2Cl)nc(OC)n1. The minimum absolute atomic E-state index is 0.111. The highest BCUT2D eigenvalue weighted by atomic mass is 35.5. The summed E-state index contributed by atoms with van der Waals surface area (Å²) in [6.45, 7) is 0. The first-order chi connectivity index (χ1) is 9.53. The number of halogens is 3. The fourth-order valence-electron chi connectivity index (χ4n) is 1.39. The smallest absolute Gasteiger partial charge is 0.322 e. The van der Waals surface area contributed by atoms with Crippen molar-refractivity contribution in [1.29, 1.82) is 0 Å².